The van der Waals surface area contributed by atoms with E-state index in [1.807, 2.05) is 0 Å². The molecule has 0 N–H and O–H groups in total. The molecule has 1 aromatic carbocycles. The average molecular weight is 375 g/mol. The highest BCUT2D eigenvalue weighted by molar-refractivity contribution is 14.1. The molecule has 0 spiro atoms. The van der Waals surface area contributed by atoms with Gasteiger partial charge >= 0.3 is 0 Å². The van der Waals surface area contributed by atoms with Crippen LogP contribution in [-0.2, 0) is 6.42 Å². The minimum atomic E-state index is 0.318. The summed E-state index contributed by atoms with van der Waals surface area (Å²) in [7, 11) is 0. The summed E-state index contributed by atoms with van der Waals surface area (Å²) in [6, 6.07) is 6.79. The second kappa shape index (κ2) is 6.42. The molecule has 1 aliphatic carbocycles. The first-order chi connectivity index (χ1) is 8.56. The van der Waals surface area contributed by atoms with Crippen molar-refractivity contribution in [2.24, 2.45) is 11.8 Å². The zero-order chi connectivity index (χ0) is 13.1. The van der Waals surface area contributed by atoms with E-state index in [4.69, 9.17) is 11.6 Å². The first-order valence-corrected chi connectivity index (χ1v) is 8.15. The minimum absolute atomic E-state index is 0.318. The van der Waals surface area contributed by atoms with Crippen molar-refractivity contribution in [1.82, 2.24) is 0 Å². The Morgan fingerprint density at radius 3 is 2.78 bits per heavy atom. The molecule has 0 amide bonds. The van der Waals surface area contributed by atoms with Gasteiger partial charge in [-0.15, -0.1) is 11.6 Å². The molecule has 1 aromatic rings. The number of alkyl halides is 1. The van der Waals surface area contributed by atoms with Gasteiger partial charge in [0.05, 0.1) is 0 Å². The van der Waals surface area contributed by atoms with Gasteiger partial charge in [-0.25, -0.2) is 0 Å². The lowest BCUT2D eigenvalue weighted by Crippen LogP contribution is -2.19. The van der Waals surface area contributed by atoms with Crippen LogP contribution in [0.25, 0.3) is 0 Å². The van der Waals surface area contributed by atoms with Crippen molar-refractivity contribution in [1.29, 1.82) is 0 Å². The normalized spacial score (nSPS) is 27.4. The van der Waals surface area contributed by atoms with Crippen molar-refractivity contribution < 1.29 is 0 Å². The molecular weight excluding hydrogens is 355 g/mol. The largest absolute Gasteiger partial charge is 0.122 e. The Labute approximate surface area is 129 Å². The third-order valence-corrected chi connectivity index (χ3v) is 5.56. The van der Waals surface area contributed by atoms with Gasteiger partial charge in [-0.05, 0) is 77.8 Å². The van der Waals surface area contributed by atoms with Crippen LogP contribution in [-0.4, -0.2) is 5.38 Å². The van der Waals surface area contributed by atoms with E-state index >= 15 is 0 Å². The Balaban J connectivity index is 1.92. The van der Waals surface area contributed by atoms with Gasteiger partial charge in [0.25, 0.3) is 0 Å². The molecule has 0 fully saturated rings. The second-order valence-electron chi connectivity index (χ2n) is 5.38. The van der Waals surface area contributed by atoms with Crippen molar-refractivity contribution in [3.05, 3.63) is 45.0 Å². The predicted molar refractivity (Wildman–Crippen MR) is 88.3 cm³/mol. The van der Waals surface area contributed by atoms with Crippen molar-refractivity contribution >= 4 is 34.2 Å². The summed E-state index contributed by atoms with van der Waals surface area (Å²) < 4.78 is 1.37. The number of allylic oxidation sites excluding steroid dienone is 2. The molecule has 0 radical (unpaired) electrons. The van der Waals surface area contributed by atoms with E-state index in [2.05, 4.69) is 66.8 Å². The predicted octanol–water partition coefficient (Wildman–Crippen LogP) is 5.35. The lowest BCUT2D eigenvalue weighted by Gasteiger charge is -2.25. The zero-order valence-electron chi connectivity index (χ0n) is 11.0. The molecule has 0 saturated carbocycles. The van der Waals surface area contributed by atoms with Crippen molar-refractivity contribution in [3.63, 3.8) is 0 Å². The fraction of sp³-hybridized carbons (Fsp3) is 0.500. The molecule has 3 unspecified atom stereocenters. The van der Waals surface area contributed by atoms with Crippen LogP contribution in [0, 0.1) is 22.3 Å². The highest BCUT2D eigenvalue weighted by atomic mass is 127. The summed E-state index contributed by atoms with van der Waals surface area (Å²) >= 11 is 8.75. The Kier molecular flexibility index (Phi) is 5.14. The Bertz CT molecular complexity index is 439. The summed E-state index contributed by atoms with van der Waals surface area (Å²) in [4.78, 5) is 0. The van der Waals surface area contributed by atoms with E-state index in [-0.39, 0.29) is 0 Å². The highest BCUT2D eigenvalue weighted by Gasteiger charge is 2.21. The molecule has 0 aliphatic heterocycles. The summed E-state index contributed by atoms with van der Waals surface area (Å²) in [5.74, 6) is 1.19. The van der Waals surface area contributed by atoms with E-state index in [1.165, 1.54) is 21.1 Å². The summed E-state index contributed by atoms with van der Waals surface area (Å²) in [5, 5.41) is 0.318. The summed E-state index contributed by atoms with van der Waals surface area (Å²) in [5.41, 5.74) is 2.81. The van der Waals surface area contributed by atoms with Crippen molar-refractivity contribution in [3.8, 4) is 0 Å². The molecule has 2 heteroatoms. The number of rotatable bonds is 3. The number of halogens is 2. The van der Waals surface area contributed by atoms with Crippen LogP contribution in [0.4, 0.5) is 0 Å². The van der Waals surface area contributed by atoms with Crippen molar-refractivity contribution in [2.45, 2.75) is 38.5 Å². The Morgan fingerprint density at radius 1 is 1.33 bits per heavy atom. The fourth-order valence-electron chi connectivity index (χ4n) is 2.39. The Morgan fingerprint density at radius 2 is 2.11 bits per heavy atom. The van der Waals surface area contributed by atoms with E-state index in [9.17, 15) is 0 Å². The molecule has 0 saturated heterocycles. The molecule has 2 rings (SSSR count). The monoisotopic (exact) mass is 374 g/mol. The van der Waals surface area contributed by atoms with Crippen LogP contribution in [0.5, 0.6) is 0 Å². The van der Waals surface area contributed by atoms with Crippen LogP contribution in [0.1, 0.15) is 30.9 Å². The zero-order valence-corrected chi connectivity index (χ0v) is 13.9. The quantitative estimate of drug-likeness (QED) is 0.380. The molecule has 0 nitrogen and oxygen atoms in total. The fourth-order valence-corrected chi connectivity index (χ4v) is 3.29. The SMILES string of the molecule is Cc1ccc(CCC2C=CC(C)C(Cl)C2)cc1I. The third kappa shape index (κ3) is 3.74. The highest BCUT2D eigenvalue weighted by Crippen LogP contribution is 2.29. The number of hydrogen-bond donors (Lipinski definition) is 0. The minimum Gasteiger partial charge on any atom is -0.122 e. The van der Waals surface area contributed by atoms with Gasteiger partial charge < -0.3 is 0 Å². The molecular formula is C16H20ClI. The molecule has 0 aromatic heterocycles. The maximum atomic E-state index is 6.34. The van der Waals surface area contributed by atoms with Crippen LogP contribution in [0.3, 0.4) is 0 Å². The van der Waals surface area contributed by atoms with Gasteiger partial charge in [0.15, 0.2) is 0 Å². The maximum Gasteiger partial charge on any atom is 0.0401 e. The van der Waals surface area contributed by atoms with Gasteiger partial charge in [-0.3, -0.25) is 0 Å². The standard InChI is InChI=1S/C16H20ClI/c1-11-3-5-13(9-15(11)17)7-8-14-6-4-12(2)16(18)10-14/h3-6,10-11,13,15H,7-9H2,1-2H3. The average Bonchev–Trinajstić information content (AvgIpc) is 2.35. The molecule has 0 heterocycles. The van der Waals surface area contributed by atoms with Crippen molar-refractivity contribution in [2.75, 3.05) is 0 Å². The maximum absolute atomic E-state index is 6.34. The van der Waals surface area contributed by atoms with Crippen LogP contribution in [0.2, 0.25) is 0 Å². The lowest BCUT2D eigenvalue weighted by atomic mass is 9.86. The van der Waals surface area contributed by atoms with Crippen LogP contribution in [0.15, 0.2) is 30.4 Å². The molecule has 98 valence electrons. The molecule has 1 aliphatic rings. The number of benzene rings is 1. The van der Waals surface area contributed by atoms with E-state index < -0.39 is 0 Å². The van der Waals surface area contributed by atoms with Gasteiger partial charge in [-0.2, -0.15) is 0 Å². The second-order valence-corrected chi connectivity index (χ2v) is 7.10. The van der Waals surface area contributed by atoms with E-state index in [1.54, 1.807) is 0 Å². The number of aryl methyl sites for hydroxylation is 2. The first kappa shape index (κ1) is 14.4. The lowest BCUT2D eigenvalue weighted by molar-refractivity contribution is 0.460. The Hall–Kier alpha value is -0.0200. The topological polar surface area (TPSA) is 0 Å². The van der Waals surface area contributed by atoms with E-state index in [0.29, 0.717) is 17.2 Å². The number of hydrogen-bond acceptors (Lipinski definition) is 0. The van der Waals surface area contributed by atoms with Gasteiger partial charge in [0, 0.05) is 8.95 Å². The third-order valence-electron chi connectivity index (χ3n) is 3.83. The van der Waals surface area contributed by atoms with Crippen LogP contribution < -0.4 is 0 Å². The molecule has 3 atom stereocenters. The first-order valence-electron chi connectivity index (χ1n) is 6.63. The smallest absolute Gasteiger partial charge is 0.0401 e. The summed E-state index contributed by atoms with van der Waals surface area (Å²) in [6.07, 6.45) is 8.14. The molecule has 0 bridgehead atoms. The molecule has 18 heavy (non-hydrogen) atoms. The summed E-state index contributed by atoms with van der Waals surface area (Å²) in [6.45, 7) is 4.36. The van der Waals surface area contributed by atoms with Gasteiger partial charge in [0.1, 0.15) is 0 Å². The van der Waals surface area contributed by atoms with Gasteiger partial charge in [0.2, 0.25) is 0 Å². The van der Waals surface area contributed by atoms with E-state index in [0.717, 1.165) is 12.8 Å². The van der Waals surface area contributed by atoms with Gasteiger partial charge in [-0.1, -0.05) is 31.2 Å². The van der Waals surface area contributed by atoms with Crippen LogP contribution >= 0.6 is 34.2 Å².